The zero-order valence-electron chi connectivity index (χ0n) is 13.4. The van der Waals surface area contributed by atoms with Gasteiger partial charge in [-0.15, -0.1) is 0 Å². The molecule has 1 fully saturated rings. The quantitative estimate of drug-likeness (QED) is 0.705. The van der Waals surface area contributed by atoms with E-state index in [0.29, 0.717) is 16.3 Å². The first-order valence-electron chi connectivity index (χ1n) is 8.18. The summed E-state index contributed by atoms with van der Waals surface area (Å²) in [6.45, 7) is 0. The summed E-state index contributed by atoms with van der Waals surface area (Å²) < 4.78 is 5.12. The molecule has 0 saturated heterocycles. The van der Waals surface area contributed by atoms with Gasteiger partial charge in [0, 0.05) is 22.2 Å². The lowest BCUT2D eigenvalue weighted by Gasteiger charge is -2.40. The summed E-state index contributed by atoms with van der Waals surface area (Å²) in [5, 5.41) is 4.41. The number of carbonyl (C=O) groups is 1. The minimum Gasteiger partial charge on any atom is -0.423 e. The Balaban J connectivity index is 1.64. The van der Waals surface area contributed by atoms with Crippen molar-refractivity contribution in [3.05, 3.63) is 75.6 Å². The third kappa shape index (κ3) is 2.83. The van der Waals surface area contributed by atoms with Crippen molar-refractivity contribution in [3.8, 4) is 0 Å². The second-order valence-corrected chi connectivity index (χ2v) is 6.84. The maximum atomic E-state index is 13.0. The van der Waals surface area contributed by atoms with Crippen LogP contribution in [0.1, 0.15) is 24.8 Å². The summed E-state index contributed by atoms with van der Waals surface area (Å²) in [6.07, 6.45) is 2.63. The van der Waals surface area contributed by atoms with Crippen LogP contribution in [0.5, 0.6) is 0 Å². The van der Waals surface area contributed by atoms with E-state index in [-0.39, 0.29) is 5.91 Å². The van der Waals surface area contributed by atoms with Gasteiger partial charge in [0.15, 0.2) is 0 Å². The smallest absolute Gasteiger partial charge is 0.336 e. The van der Waals surface area contributed by atoms with E-state index >= 15 is 0 Å². The standard InChI is InChI=1S/C20H16ClNO3/c21-15-4-1-3-14(12-15)20(9-2-10-20)19(24)22-16-6-7-17-13(11-16)5-8-18(23)25-17/h1,3-8,11-12H,2,9-10H2,(H,22,24). The van der Waals surface area contributed by atoms with Gasteiger partial charge in [0.1, 0.15) is 5.58 Å². The molecule has 126 valence electrons. The van der Waals surface area contributed by atoms with Gasteiger partial charge in [-0.3, -0.25) is 4.79 Å². The molecule has 1 N–H and O–H groups in total. The molecule has 0 unspecified atom stereocenters. The number of amides is 1. The molecule has 1 aliphatic rings. The van der Waals surface area contributed by atoms with E-state index in [0.717, 1.165) is 30.2 Å². The lowest BCUT2D eigenvalue weighted by molar-refractivity contribution is -0.124. The summed E-state index contributed by atoms with van der Waals surface area (Å²) in [4.78, 5) is 24.3. The van der Waals surface area contributed by atoms with Crippen LogP contribution in [0.4, 0.5) is 5.69 Å². The minimum atomic E-state index is -0.525. The highest BCUT2D eigenvalue weighted by Crippen LogP contribution is 2.45. The van der Waals surface area contributed by atoms with Crippen LogP contribution < -0.4 is 10.9 Å². The molecule has 4 nitrogen and oxygen atoms in total. The number of nitrogens with one attached hydrogen (secondary N) is 1. The van der Waals surface area contributed by atoms with Crippen molar-refractivity contribution in [1.82, 2.24) is 0 Å². The zero-order chi connectivity index (χ0) is 17.4. The Morgan fingerprint density at radius 2 is 1.92 bits per heavy atom. The van der Waals surface area contributed by atoms with Crippen molar-refractivity contribution in [1.29, 1.82) is 0 Å². The van der Waals surface area contributed by atoms with Gasteiger partial charge in [0.05, 0.1) is 5.41 Å². The Labute approximate surface area is 149 Å². The number of hydrogen-bond acceptors (Lipinski definition) is 3. The van der Waals surface area contributed by atoms with Crippen molar-refractivity contribution in [2.24, 2.45) is 0 Å². The Morgan fingerprint density at radius 1 is 1.08 bits per heavy atom. The van der Waals surface area contributed by atoms with Crippen molar-refractivity contribution < 1.29 is 9.21 Å². The summed E-state index contributed by atoms with van der Waals surface area (Å²) in [6, 6.07) is 15.8. The van der Waals surface area contributed by atoms with Crippen LogP contribution in [-0.2, 0) is 10.2 Å². The maximum Gasteiger partial charge on any atom is 0.336 e. The van der Waals surface area contributed by atoms with E-state index in [2.05, 4.69) is 5.32 Å². The predicted molar refractivity (Wildman–Crippen MR) is 98.1 cm³/mol. The summed E-state index contributed by atoms with van der Waals surface area (Å²) in [5.74, 6) is -0.0299. The molecule has 1 saturated carbocycles. The molecule has 1 aliphatic carbocycles. The number of hydrogen-bond donors (Lipinski definition) is 1. The summed E-state index contributed by atoms with van der Waals surface area (Å²) >= 11 is 6.11. The third-order valence-corrected chi connectivity index (χ3v) is 5.13. The molecule has 1 aromatic heterocycles. The monoisotopic (exact) mass is 353 g/mol. The van der Waals surface area contributed by atoms with E-state index in [9.17, 15) is 9.59 Å². The van der Waals surface area contributed by atoms with Crippen LogP contribution in [0.25, 0.3) is 11.0 Å². The van der Waals surface area contributed by atoms with Gasteiger partial charge in [0.2, 0.25) is 5.91 Å². The molecule has 0 aliphatic heterocycles. The first kappa shape index (κ1) is 15.9. The number of benzene rings is 2. The van der Waals surface area contributed by atoms with Gasteiger partial charge >= 0.3 is 5.63 Å². The normalized spacial score (nSPS) is 15.6. The fourth-order valence-electron chi connectivity index (χ4n) is 3.36. The maximum absolute atomic E-state index is 13.0. The highest BCUT2D eigenvalue weighted by Gasteiger charge is 2.45. The molecule has 3 aromatic rings. The van der Waals surface area contributed by atoms with Crippen LogP contribution in [0.15, 0.2) is 63.8 Å². The molecule has 0 radical (unpaired) electrons. The Kier molecular flexibility index (Phi) is 3.85. The average Bonchev–Trinajstić information content (AvgIpc) is 2.54. The van der Waals surface area contributed by atoms with E-state index in [1.165, 1.54) is 6.07 Å². The Morgan fingerprint density at radius 3 is 2.64 bits per heavy atom. The first-order valence-corrected chi connectivity index (χ1v) is 8.56. The number of rotatable bonds is 3. The number of halogens is 1. The molecule has 1 heterocycles. The van der Waals surface area contributed by atoms with E-state index in [4.69, 9.17) is 16.0 Å². The van der Waals surface area contributed by atoms with Crippen LogP contribution in [0.2, 0.25) is 5.02 Å². The molecule has 5 heteroatoms. The molecule has 0 atom stereocenters. The van der Waals surface area contributed by atoms with E-state index in [1.807, 2.05) is 24.3 Å². The minimum absolute atomic E-state index is 0.0299. The van der Waals surface area contributed by atoms with Crippen LogP contribution in [0, 0.1) is 0 Å². The fraction of sp³-hybridized carbons (Fsp3) is 0.200. The SMILES string of the molecule is O=C(Nc1ccc2oc(=O)ccc2c1)C1(c2cccc(Cl)c2)CCC1. The van der Waals surface area contributed by atoms with Crippen LogP contribution in [0.3, 0.4) is 0 Å². The molecular formula is C20H16ClNO3. The fourth-order valence-corrected chi connectivity index (χ4v) is 3.55. The van der Waals surface area contributed by atoms with Crippen molar-refractivity contribution in [2.45, 2.75) is 24.7 Å². The van der Waals surface area contributed by atoms with Crippen LogP contribution >= 0.6 is 11.6 Å². The average molecular weight is 354 g/mol. The molecule has 2 aromatic carbocycles. The summed E-state index contributed by atoms with van der Waals surface area (Å²) in [5.41, 5.74) is 1.22. The first-order chi connectivity index (χ1) is 12.1. The lowest BCUT2D eigenvalue weighted by Crippen LogP contribution is -2.46. The topological polar surface area (TPSA) is 59.3 Å². The van der Waals surface area contributed by atoms with Gasteiger partial charge in [-0.2, -0.15) is 0 Å². The van der Waals surface area contributed by atoms with Crippen LogP contribution in [-0.4, -0.2) is 5.91 Å². The second kappa shape index (κ2) is 6.05. The van der Waals surface area contributed by atoms with Gasteiger partial charge in [-0.05, 0) is 54.8 Å². The van der Waals surface area contributed by atoms with Gasteiger partial charge in [0.25, 0.3) is 0 Å². The largest absolute Gasteiger partial charge is 0.423 e. The Hall–Kier alpha value is -2.59. The van der Waals surface area contributed by atoms with Crippen molar-refractivity contribution >= 4 is 34.2 Å². The van der Waals surface area contributed by atoms with Gasteiger partial charge in [-0.25, -0.2) is 4.79 Å². The third-order valence-electron chi connectivity index (χ3n) is 4.90. The number of fused-ring (bicyclic) bond motifs is 1. The molecule has 0 bridgehead atoms. The zero-order valence-corrected chi connectivity index (χ0v) is 14.2. The molecule has 0 spiro atoms. The molecule has 4 rings (SSSR count). The van der Waals surface area contributed by atoms with Crippen molar-refractivity contribution in [3.63, 3.8) is 0 Å². The molecule has 25 heavy (non-hydrogen) atoms. The summed E-state index contributed by atoms with van der Waals surface area (Å²) in [7, 11) is 0. The Bertz CT molecular complexity index is 1020. The predicted octanol–water partition coefficient (Wildman–Crippen LogP) is 4.51. The van der Waals surface area contributed by atoms with E-state index in [1.54, 1.807) is 24.3 Å². The highest BCUT2D eigenvalue weighted by atomic mass is 35.5. The highest BCUT2D eigenvalue weighted by molar-refractivity contribution is 6.30. The second-order valence-electron chi connectivity index (χ2n) is 6.41. The van der Waals surface area contributed by atoms with Gasteiger partial charge < -0.3 is 9.73 Å². The van der Waals surface area contributed by atoms with Gasteiger partial charge in [-0.1, -0.05) is 30.2 Å². The van der Waals surface area contributed by atoms with E-state index < -0.39 is 11.0 Å². The molecular weight excluding hydrogens is 338 g/mol. The number of anilines is 1. The van der Waals surface area contributed by atoms with Crippen molar-refractivity contribution in [2.75, 3.05) is 5.32 Å². The molecule has 1 amide bonds. The number of carbonyl (C=O) groups excluding carboxylic acids is 1. The lowest BCUT2D eigenvalue weighted by atomic mass is 9.64.